The van der Waals surface area contributed by atoms with Gasteiger partial charge in [0.15, 0.2) is 5.78 Å². The third-order valence-corrected chi connectivity index (χ3v) is 9.67. The van der Waals surface area contributed by atoms with E-state index in [0.717, 1.165) is 30.4 Å². The highest BCUT2D eigenvalue weighted by Gasteiger charge is 2.68. The Morgan fingerprint density at radius 3 is 2.64 bits per heavy atom. The molecule has 0 heterocycles. The molecule has 0 spiro atoms. The highest BCUT2D eigenvalue weighted by Crippen LogP contribution is 2.67. The Morgan fingerprint density at radius 2 is 1.91 bits per heavy atom. The van der Waals surface area contributed by atoms with Gasteiger partial charge >= 0.3 is 0 Å². The van der Waals surface area contributed by atoms with Crippen LogP contribution >= 0.6 is 0 Å². The van der Waals surface area contributed by atoms with E-state index in [-0.39, 0.29) is 40.9 Å². The van der Waals surface area contributed by atoms with Crippen molar-refractivity contribution in [2.24, 2.45) is 28.6 Å². The van der Waals surface area contributed by atoms with Crippen LogP contribution < -0.4 is 5.32 Å². The number of allylic oxidation sites excluding steroid dienone is 4. The zero-order valence-corrected chi connectivity index (χ0v) is 19.8. The van der Waals surface area contributed by atoms with E-state index in [1.165, 1.54) is 0 Å². The van der Waals surface area contributed by atoms with Gasteiger partial charge in [-0.05, 0) is 68.6 Å². The van der Waals surface area contributed by atoms with Crippen molar-refractivity contribution in [3.63, 3.8) is 0 Å². The summed E-state index contributed by atoms with van der Waals surface area (Å²) in [5.41, 5.74) is -0.442. The molecule has 5 rings (SSSR count). The van der Waals surface area contributed by atoms with Gasteiger partial charge in [0.1, 0.15) is 5.60 Å². The third kappa shape index (κ3) is 3.19. The first kappa shape index (κ1) is 22.5. The molecule has 1 aromatic carbocycles. The van der Waals surface area contributed by atoms with Crippen LogP contribution in [-0.2, 0) is 9.59 Å². The molecule has 0 unspecified atom stereocenters. The Hall–Kier alpha value is -2.24. The predicted octanol–water partition coefficient (Wildman–Crippen LogP) is 3.87. The molecule has 3 fully saturated rings. The number of hydrogen-bond donors (Lipinski definition) is 3. The number of aliphatic hydroxyl groups excluding tert-OH is 1. The normalized spacial score (nSPS) is 42.6. The minimum atomic E-state index is -1.51. The fraction of sp³-hybridized carbons (Fsp3) is 0.571. The topological polar surface area (TPSA) is 86.6 Å². The van der Waals surface area contributed by atoms with Gasteiger partial charge in [0.2, 0.25) is 0 Å². The van der Waals surface area contributed by atoms with Gasteiger partial charge in [-0.2, -0.15) is 0 Å². The second-order valence-corrected chi connectivity index (χ2v) is 11.2. The van der Waals surface area contributed by atoms with Crippen molar-refractivity contribution >= 4 is 11.7 Å². The van der Waals surface area contributed by atoms with Crippen LogP contribution in [0, 0.1) is 28.6 Å². The summed E-state index contributed by atoms with van der Waals surface area (Å²) in [7, 11) is 0. The fourth-order valence-electron chi connectivity index (χ4n) is 7.84. The molecule has 1 aromatic rings. The first-order chi connectivity index (χ1) is 15.6. The summed E-state index contributed by atoms with van der Waals surface area (Å²) in [5, 5.41) is 26.4. The maximum absolute atomic E-state index is 13.5. The molecular weight excluding hydrogens is 414 g/mol. The van der Waals surface area contributed by atoms with Crippen LogP contribution in [0.2, 0.25) is 0 Å². The maximum Gasteiger partial charge on any atom is 0.253 e. The maximum atomic E-state index is 13.5. The first-order valence-electron chi connectivity index (χ1n) is 12.3. The largest absolute Gasteiger partial charge is 0.393 e. The van der Waals surface area contributed by atoms with Gasteiger partial charge in [-0.15, -0.1) is 0 Å². The smallest absolute Gasteiger partial charge is 0.253 e. The molecule has 3 saturated carbocycles. The van der Waals surface area contributed by atoms with Crippen LogP contribution in [-0.4, -0.2) is 33.6 Å². The van der Waals surface area contributed by atoms with Crippen LogP contribution in [0.5, 0.6) is 0 Å². The van der Waals surface area contributed by atoms with Gasteiger partial charge in [0.25, 0.3) is 5.91 Å². The second kappa shape index (κ2) is 7.64. The van der Waals surface area contributed by atoms with E-state index in [4.69, 9.17) is 0 Å². The number of fused-ring (bicyclic) bond motifs is 5. The monoisotopic (exact) mass is 449 g/mol. The summed E-state index contributed by atoms with van der Waals surface area (Å²) < 4.78 is 0. The van der Waals surface area contributed by atoms with Crippen LogP contribution in [0.25, 0.3) is 0 Å². The lowest BCUT2D eigenvalue weighted by Crippen LogP contribution is -2.63. The van der Waals surface area contributed by atoms with Crippen molar-refractivity contribution in [3.05, 3.63) is 59.7 Å². The van der Waals surface area contributed by atoms with E-state index in [0.29, 0.717) is 12.8 Å². The molecule has 4 aliphatic rings. The Bertz CT molecular complexity index is 1030. The third-order valence-electron chi connectivity index (χ3n) is 9.67. The number of hydrogen-bond acceptors (Lipinski definition) is 4. The van der Waals surface area contributed by atoms with E-state index in [1.54, 1.807) is 12.2 Å². The van der Waals surface area contributed by atoms with Gasteiger partial charge in [-0.1, -0.05) is 55.8 Å². The number of benzene rings is 1. The molecule has 0 radical (unpaired) electrons. The Kier molecular flexibility index (Phi) is 5.22. The van der Waals surface area contributed by atoms with Crippen LogP contribution in [0.3, 0.4) is 0 Å². The zero-order valence-electron chi connectivity index (χ0n) is 19.8. The molecule has 1 amide bonds. The minimum absolute atomic E-state index is 0.00595. The molecule has 5 heteroatoms. The van der Waals surface area contributed by atoms with Crippen molar-refractivity contribution in [2.75, 3.05) is 0 Å². The van der Waals surface area contributed by atoms with Gasteiger partial charge in [0, 0.05) is 16.7 Å². The van der Waals surface area contributed by atoms with Crippen molar-refractivity contribution in [3.8, 4) is 0 Å². The molecule has 0 aromatic heterocycles. The van der Waals surface area contributed by atoms with E-state index in [1.807, 2.05) is 50.3 Å². The van der Waals surface area contributed by atoms with E-state index < -0.39 is 17.1 Å². The van der Waals surface area contributed by atoms with Gasteiger partial charge < -0.3 is 15.5 Å². The lowest BCUT2D eigenvalue weighted by molar-refractivity contribution is -0.178. The Morgan fingerprint density at radius 1 is 1.18 bits per heavy atom. The van der Waals surface area contributed by atoms with E-state index >= 15 is 0 Å². The molecule has 5 nitrogen and oxygen atoms in total. The molecule has 8 atom stereocenters. The van der Waals surface area contributed by atoms with E-state index in [2.05, 4.69) is 12.2 Å². The summed E-state index contributed by atoms with van der Waals surface area (Å²) >= 11 is 0. The SMILES string of the molecule is C[C@@H](NC(=O)[C@@]1(O)CC[C@H]2[C@@H]3CCC4=CC(=O)C=C[C@]4(C)[C@H]3[C@@H](O)C[C@@]21C)c1ccccc1. The number of amides is 1. The van der Waals surface area contributed by atoms with Crippen LogP contribution in [0.1, 0.15) is 64.5 Å². The van der Waals surface area contributed by atoms with Gasteiger partial charge in [0.05, 0.1) is 12.1 Å². The molecule has 176 valence electrons. The van der Waals surface area contributed by atoms with Crippen LogP contribution in [0.4, 0.5) is 0 Å². The first-order valence-corrected chi connectivity index (χ1v) is 12.3. The van der Waals surface area contributed by atoms with Crippen LogP contribution in [0.15, 0.2) is 54.1 Å². The van der Waals surface area contributed by atoms with E-state index in [9.17, 15) is 19.8 Å². The van der Waals surface area contributed by atoms with Gasteiger partial charge in [-0.3, -0.25) is 9.59 Å². The summed E-state index contributed by atoms with van der Waals surface area (Å²) in [4.78, 5) is 25.5. The Labute approximate surface area is 196 Å². The molecule has 0 saturated heterocycles. The number of carbonyl (C=O) groups is 2. The average Bonchev–Trinajstić information content (AvgIpc) is 3.06. The standard InChI is InChI=1S/C28H35NO4/c1-17(18-7-5-4-6-8-18)29-25(32)28(33)14-12-22-21-10-9-19-15-20(30)11-13-26(19,2)24(21)23(31)16-27(22,28)3/h4-8,11,13,15,17,21-24,31,33H,9-10,12,14,16H2,1-3H3,(H,29,32)/t17-,21+,22+,23+,24-,26+,27+,28+/m1/s1. The molecule has 3 N–H and O–H groups in total. The average molecular weight is 450 g/mol. The second-order valence-electron chi connectivity index (χ2n) is 11.2. The lowest BCUT2D eigenvalue weighted by atomic mass is 9.46. The number of rotatable bonds is 3. The lowest BCUT2D eigenvalue weighted by Gasteiger charge is -2.59. The number of aliphatic hydroxyl groups is 2. The minimum Gasteiger partial charge on any atom is -0.393 e. The van der Waals surface area contributed by atoms with Crippen molar-refractivity contribution in [2.45, 2.75) is 70.6 Å². The van der Waals surface area contributed by atoms with Crippen molar-refractivity contribution in [1.29, 1.82) is 0 Å². The quantitative estimate of drug-likeness (QED) is 0.654. The summed E-state index contributed by atoms with van der Waals surface area (Å²) in [6, 6.07) is 9.56. The predicted molar refractivity (Wildman–Crippen MR) is 126 cm³/mol. The molecule has 33 heavy (non-hydrogen) atoms. The molecule has 0 aliphatic heterocycles. The zero-order chi connectivity index (χ0) is 23.6. The van der Waals surface area contributed by atoms with Gasteiger partial charge in [-0.25, -0.2) is 0 Å². The summed E-state index contributed by atoms with van der Waals surface area (Å²) in [6.45, 7) is 6.08. The Balaban J connectivity index is 1.43. The van der Waals surface area contributed by atoms with Crippen molar-refractivity contribution < 1.29 is 19.8 Å². The molecular formula is C28H35NO4. The molecule has 0 bridgehead atoms. The fourth-order valence-corrected chi connectivity index (χ4v) is 7.84. The number of ketones is 1. The number of carbonyl (C=O) groups excluding carboxylic acids is 2. The highest BCUT2D eigenvalue weighted by atomic mass is 16.3. The summed E-state index contributed by atoms with van der Waals surface area (Å²) in [5.74, 6) is 0.0366. The number of nitrogens with one attached hydrogen (secondary N) is 1. The highest BCUT2D eigenvalue weighted by molar-refractivity contribution is 6.01. The summed E-state index contributed by atoms with van der Waals surface area (Å²) in [6.07, 6.45) is 7.99. The molecule has 4 aliphatic carbocycles. The van der Waals surface area contributed by atoms with Crippen molar-refractivity contribution in [1.82, 2.24) is 5.32 Å².